The summed E-state index contributed by atoms with van der Waals surface area (Å²) in [5.41, 5.74) is -0.525. The van der Waals surface area contributed by atoms with Crippen molar-refractivity contribution in [3.8, 4) is 0 Å². The molecular formula is C23H38N2O3Si. The Hall–Kier alpha value is -1.82. The maximum absolute atomic E-state index is 13.5. The molecule has 1 N–H and O–H groups in total. The second-order valence-electron chi connectivity index (χ2n) is 10.9. The van der Waals surface area contributed by atoms with Gasteiger partial charge in [0.05, 0.1) is 14.1 Å². The van der Waals surface area contributed by atoms with Crippen LogP contribution in [0.3, 0.4) is 0 Å². The van der Waals surface area contributed by atoms with Crippen LogP contribution in [0.25, 0.3) is 0 Å². The summed E-state index contributed by atoms with van der Waals surface area (Å²) in [6, 6.07) is 9.89. The number of carbonyl (C=O) groups excluding carboxylic acids is 2. The van der Waals surface area contributed by atoms with Gasteiger partial charge in [0.2, 0.25) is 0 Å². The number of alkyl carbamates (subject to hydrolysis) is 1. The molecule has 1 aromatic rings. The van der Waals surface area contributed by atoms with E-state index in [1.807, 2.05) is 56.0 Å². The third-order valence-electron chi connectivity index (χ3n) is 4.98. The third-order valence-corrected chi connectivity index (χ3v) is 6.27. The van der Waals surface area contributed by atoms with Gasteiger partial charge >= 0.3 is 6.09 Å². The number of likely N-dealkylation sites (tertiary alicyclic amines) is 1. The lowest BCUT2D eigenvalue weighted by molar-refractivity contribution is -0.162. The summed E-state index contributed by atoms with van der Waals surface area (Å²) in [5, 5.41) is 3.02. The summed E-state index contributed by atoms with van der Waals surface area (Å²) in [5.74, 6) is 0.424. The van der Waals surface area contributed by atoms with Crippen LogP contribution in [-0.2, 0) is 16.0 Å². The number of hydrogen-bond acceptors (Lipinski definition) is 3. The zero-order valence-electron chi connectivity index (χ0n) is 19.3. The summed E-state index contributed by atoms with van der Waals surface area (Å²) in [6.45, 7) is 16.6. The first-order chi connectivity index (χ1) is 13.2. The van der Waals surface area contributed by atoms with E-state index in [0.717, 1.165) is 18.2 Å². The van der Waals surface area contributed by atoms with Crippen molar-refractivity contribution in [3.05, 3.63) is 35.9 Å². The standard InChI is InChI=1S/C23H38N2O3Si/c1-17(2)14-19-23(15-18-12-10-9-11-13-18,24-21(27)28-22(3,4)5)20(26)25(19)16-29(6,7)8/h9-13,17,19H,14-16H2,1-8H3,(H,24,27)/t19-,23-/m1/s1. The molecule has 0 aliphatic carbocycles. The molecule has 6 heteroatoms. The Bertz CT molecular complexity index is 722. The van der Waals surface area contributed by atoms with Gasteiger partial charge in [0.1, 0.15) is 11.1 Å². The second kappa shape index (κ2) is 8.50. The molecule has 0 bridgehead atoms. The number of rotatable bonds is 7. The lowest BCUT2D eigenvalue weighted by atomic mass is 9.71. The SMILES string of the molecule is CC(C)C[C@H]1N(C[Si](C)(C)C)C(=O)[C@]1(Cc1ccccc1)NC(=O)OC(C)(C)C. The average Bonchev–Trinajstić information content (AvgIpc) is 2.55. The van der Waals surface area contributed by atoms with Crippen LogP contribution in [0.2, 0.25) is 19.6 Å². The van der Waals surface area contributed by atoms with Gasteiger partial charge in [0, 0.05) is 12.6 Å². The zero-order chi connectivity index (χ0) is 22.0. The molecule has 0 aromatic heterocycles. The predicted octanol–water partition coefficient (Wildman–Crippen LogP) is 4.63. The van der Waals surface area contributed by atoms with Crippen molar-refractivity contribution >= 4 is 20.1 Å². The molecule has 2 rings (SSSR count). The van der Waals surface area contributed by atoms with Crippen LogP contribution < -0.4 is 5.32 Å². The summed E-state index contributed by atoms with van der Waals surface area (Å²) in [6.07, 6.45) is 1.60. The smallest absolute Gasteiger partial charge is 0.408 e. The summed E-state index contributed by atoms with van der Waals surface area (Å²) < 4.78 is 5.53. The number of ether oxygens (including phenoxy) is 1. The first-order valence-electron chi connectivity index (χ1n) is 10.6. The molecular weight excluding hydrogens is 380 g/mol. The van der Waals surface area contributed by atoms with Crippen molar-refractivity contribution in [1.82, 2.24) is 10.2 Å². The van der Waals surface area contributed by atoms with Crippen LogP contribution >= 0.6 is 0 Å². The van der Waals surface area contributed by atoms with E-state index in [9.17, 15) is 9.59 Å². The summed E-state index contributed by atoms with van der Waals surface area (Å²) >= 11 is 0. The molecule has 5 nitrogen and oxygen atoms in total. The fourth-order valence-corrected chi connectivity index (χ4v) is 5.37. The zero-order valence-corrected chi connectivity index (χ0v) is 20.3. The van der Waals surface area contributed by atoms with Crippen LogP contribution in [0.5, 0.6) is 0 Å². The molecule has 0 saturated carbocycles. The Labute approximate surface area is 177 Å². The van der Waals surface area contributed by atoms with Crippen molar-refractivity contribution in [2.24, 2.45) is 5.92 Å². The summed E-state index contributed by atoms with van der Waals surface area (Å²) in [4.78, 5) is 28.3. The quantitative estimate of drug-likeness (QED) is 0.519. The predicted molar refractivity (Wildman–Crippen MR) is 121 cm³/mol. The molecule has 1 aromatic carbocycles. The monoisotopic (exact) mass is 418 g/mol. The molecule has 1 heterocycles. The van der Waals surface area contributed by atoms with Crippen LogP contribution in [0.1, 0.15) is 46.6 Å². The van der Waals surface area contributed by atoms with Crippen LogP contribution in [-0.4, -0.2) is 48.3 Å². The highest BCUT2D eigenvalue weighted by Gasteiger charge is 2.61. The maximum atomic E-state index is 13.5. The largest absolute Gasteiger partial charge is 0.444 e. The molecule has 1 aliphatic heterocycles. The van der Waals surface area contributed by atoms with E-state index >= 15 is 0 Å². The van der Waals surface area contributed by atoms with Crippen molar-refractivity contribution in [2.75, 3.05) is 6.17 Å². The molecule has 1 aliphatic rings. The average molecular weight is 419 g/mol. The maximum Gasteiger partial charge on any atom is 0.408 e. The van der Waals surface area contributed by atoms with E-state index in [-0.39, 0.29) is 11.9 Å². The van der Waals surface area contributed by atoms with Gasteiger partial charge in [-0.05, 0) is 38.7 Å². The van der Waals surface area contributed by atoms with E-state index in [2.05, 4.69) is 38.8 Å². The van der Waals surface area contributed by atoms with Crippen LogP contribution in [0.15, 0.2) is 30.3 Å². The van der Waals surface area contributed by atoms with E-state index in [4.69, 9.17) is 4.74 Å². The van der Waals surface area contributed by atoms with Gasteiger partial charge in [-0.15, -0.1) is 0 Å². The van der Waals surface area contributed by atoms with Gasteiger partial charge in [-0.2, -0.15) is 0 Å². The lowest BCUT2D eigenvalue weighted by Crippen LogP contribution is -2.82. The fraction of sp³-hybridized carbons (Fsp3) is 0.652. The van der Waals surface area contributed by atoms with Gasteiger partial charge in [0.15, 0.2) is 0 Å². The van der Waals surface area contributed by atoms with E-state index in [1.165, 1.54) is 0 Å². The molecule has 29 heavy (non-hydrogen) atoms. The fourth-order valence-electron chi connectivity index (χ4n) is 3.99. The van der Waals surface area contributed by atoms with Gasteiger partial charge in [0.25, 0.3) is 5.91 Å². The number of hydrogen-bond donors (Lipinski definition) is 1. The second-order valence-corrected chi connectivity index (χ2v) is 16.3. The van der Waals surface area contributed by atoms with Crippen molar-refractivity contribution in [2.45, 2.75) is 84.3 Å². The Morgan fingerprint density at radius 2 is 1.79 bits per heavy atom. The molecule has 2 amide bonds. The molecule has 1 saturated heterocycles. The van der Waals surface area contributed by atoms with Gasteiger partial charge in [-0.25, -0.2) is 4.79 Å². The van der Waals surface area contributed by atoms with E-state index in [1.54, 1.807) is 0 Å². The van der Waals surface area contributed by atoms with Gasteiger partial charge in [-0.1, -0.05) is 63.8 Å². The van der Waals surface area contributed by atoms with Crippen LogP contribution in [0.4, 0.5) is 4.79 Å². The molecule has 2 atom stereocenters. The first kappa shape index (κ1) is 23.5. The first-order valence-corrected chi connectivity index (χ1v) is 14.3. The van der Waals surface area contributed by atoms with Crippen LogP contribution in [0, 0.1) is 5.92 Å². The highest BCUT2D eigenvalue weighted by atomic mass is 28.3. The minimum Gasteiger partial charge on any atom is -0.444 e. The third kappa shape index (κ3) is 6.08. The summed E-state index contributed by atoms with van der Waals surface area (Å²) in [7, 11) is -1.50. The number of benzene rings is 1. The number of β-lactam (4-membered cyclic amide) rings is 1. The lowest BCUT2D eigenvalue weighted by Gasteiger charge is -2.58. The van der Waals surface area contributed by atoms with Crippen molar-refractivity contribution in [3.63, 3.8) is 0 Å². The molecule has 162 valence electrons. The highest BCUT2D eigenvalue weighted by Crippen LogP contribution is 2.39. The Morgan fingerprint density at radius 1 is 1.21 bits per heavy atom. The Balaban J connectivity index is 2.40. The van der Waals surface area contributed by atoms with Crippen molar-refractivity contribution in [1.29, 1.82) is 0 Å². The Morgan fingerprint density at radius 3 is 2.28 bits per heavy atom. The highest BCUT2D eigenvalue weighted by molar-refractivity contribution is 6.76. The van der Waals surface area contributed by atoms with Gasteiger partial charge in [-0.3, -0.25) is 4.79 Å². The van der Waals surface area contributed by atoms with Gasteiger partial charge < -0.3 is 15.0 Å². The molecule has 1 fully saturated rings. The molecule has 0 radical (unpaired) electrons. The minimum atomic E-state index is -1.50. The molecule has 0 unspecified atom stereocenters. The topological polar surface area (TPSA) is 58.6 Å². The molecule has 0 spiro atoms. The number of nitrogens with one attached hydrogen (secondary N) is 1. The number of amides is 2. The Kier molecular flexibility index (Phi) is 6.88. The normalized spacial score (nSPS) is 22.4. The number of nitrogens with zero attached hydrogens (tertiary/aromatic N) is 1. The number of carbonyl (C=O) groups is 2. The van der Waals surface area contributed by atoms with Crippen molar-refractivity contribution < 1.29 is 14.3 Å². The van der Waals surface area contributed by atoms with E-state index < -0.39 is 25.3 Å². The minimum absolute atomic E-state index is 0.0142. The van der Waals surface area contributed by atoms with E-state index in [0.29, 0.717) is 12.3 Å².